The van der Waals surface area contributed by atoms with Gasteiger partial charge in [0.2, 0.25) is 0 Å². The molecule has 0 aliphatic rings. The number of nitrogens with one attached hydrogen (secondary N) is 2. The van der Waals surface area contributed by atoms with Crippen LogP contribution in [-0.2, 0) is 17.8 Å². The van der Waals surface area contributed by atoms with E-state index in [1.165, 1.54) is 7.11 Å². The third kappa shape index (κ3) is 4.69. The van der Waals surface area contributed by atoms with Gasteiger partial charge in [0.05, 0.1) is 37.5 Å². The Bertz CT molecular complexity index is 1490. The number of amides is 1. The van der Waals surface area contributed by atoms with Gasteiger partial charge in [-0.25, -0.2) is 9.78 Å². The van der Waals surface area contributed by atoms with Crippen molar-refractivity contribution in [2.75, 3.05) is 17.7 Å². The summed E-state index contributed by atoms with van der Waals surface area (Å²) in [5, 5.41) is 6.89. The van der Waals surface area contributed by atoms with E-state index in [0.717, 1.165) is 11.3 Å². The fourth-order valence-electron chi connectivity index (χ4n) is 4.04. The first kappa shape index (κ1) is 22.9. The summed E-state index contributed by atoms with van der Waals surface area (Å²) in [5.74, 6) is -0.312. The molecule has 8 heteroatoms. The molecule has 180 valence electrons. The Kier molecular flexibility index (Phi) is 6.48. The van der Waals surface area contributed by atoms with E-state index < -0.39 is 5.97 Å². The van der Waals surface area contributed by atoms with E-state index >= 15 is 0 Å². The molecule has 0 unspecified atom stereocenters. The number of hydrogen-bond acceptors (Lipinski definition) is 6. The van der Waals surface area contributed by atoms with E-state index in [0.29, 0.717) is 34.6 Å². The van der Waals surface area contributed by atoms with Crippen molar-refractivity contribution < 1.29 is 18.7 Å². The third-order valence-electron chi connectivity index (χ3n) is 5.79. The van der Waals surface area contributed by atoms with Crippen LogP contribution in [0.1, 0.15) is 32.2 Å². The Morgan fingerprint density at radius 1 is 1.00 bits per heavy atom. The highest BCUT2D eigenvalue weighted by molar-refractivity contribution is 6.14. The van der Waals surface area contributed by atoms with Gasteiger partial charge in [-0.2, -0.15) is 0 Å². The molecular formula is C28H24N4O4. The molecule has 5 rings (SSSR count). The number of carbonyl (C=O) groups excluding carboxylic acids is 2. The molecule has 0 spiro atoms. The first-order valence-corrected chi connectivity index (χ1v) is 11.4. The number of pyridine rings is 1. The summed E-state index contributed by atoms with van der Waals surface area (Å²) < 4.78 is 12.3. The zero-order chi connectivity index (χ0) is 24.9. The Labute approximate surface area is 207 Å². The van der Waals surface area contributed by atoms with Crippen LogP contribution >= 0.6 is 0 Å². The maximum atomic E-state index is 13.1. The minimum atomic E-state index is -0.596. The fraction of sp³-hybridized carbons (Fsp3) is 0.107. The highest BCUT2D eigenvalue weighted by atomic mass is 16.5. The van der Waals surface area contributed by atoms with E-state index in [1.807, 2.05) is 48.5 Å². The second-order valence-corrected chi connectivity index (χ2v) is 8.14. The van der Waals surface area contributed by atoms with Crippen molar-refractivity contribution in [3.8, 4) is 0 Å². The summed E-state index contributed by atoms with van der Waals surface area (Å²) in [5.41, 5.74) is 3.34. The number of furan rings is 1. The highest BCUT2D eigenvalue weighted by Gasteiger charge is 2.27. The predicted octanol–water partition coefficient (Wildman–Crippen LogP) is 5.33. The normalized spacial score (nSPS) is 10.8. The average molecular weight is 481 g/mol. The van der Waals surface area contributed by atoms with Gasteiger partial charge < -0.3 is 24.4 Å². The standard InChI is InChI=1S/C28H24N4O4/c1-35-28(34)25-24(31-27(33)20-11-6-3-7-12-20)23-15-21(29-16-19-9-4-2-5-10-19)17-30-26(23)32(25)18-22-13-8-14-36-22/h2-15,17,29H,16,18H2,1H3,(H,31,33). The minimum absolute atomic E-state index is 0.181. The molecule has 5 aromatic rings. The molecular weight excluding hydrogens is 456 g/mol. The van der Waals surface area contributed by atoms with Crippen LogP contribution in [0.25, 0.3) is 11.0 Å². The summed E-state index contributed by atoms with van der Waals surface area (Å²) in [6.07, 6.45) is 3.27. The summed E-state index contributed by atoms with van der Waals surface area (Å²) in [6, 6.07) is 24.3. The molecule has 0 aliphatic heterocycles. The number of ether oxygens (including phenoxy) is 1. The molecule has 0 saturated carbocycles. The van der Waals surface area contributed by atoms with Gasteiger partial charge in [-0.3, -0.25) is 4.79 Å². The molecule has 36 heavy (non-hydrogen) atoms. The SMILES string of the molecule is COC(=O)c1c(NC(=O)c2ccccc2)c2cc(NCc3ccccc3)cnc2n1Cc1ccco1. The average Bonchev–Trinajstić information content (AvgIpc) is 3.54. The van der Waals surface area contributed by atoms with Crippen molar-refractivity contribution >= 4 is 34.3 Å². The topological polar surface area (TPSA) is 98.4 Å². The van der Waals surface area contributed by atoms with Crippen LogP contribution in [0.2, 0.25) is 0 Å². The van der Waals surface area contributed by atoms with Crippen LogP contribution in [0.4, 0.5) is 11.4 Å². The van der Waals surface area contributed by atoms with Gasteiger partial charge in [0.1, 0.15) is 11.4 Å². The van der Waals surface area contributed by atoms with Crippen molar-refractivity contribution in [2.45, 2.75) is 13.1 Å². The van der Waals surface area contributed by atoms with E-state index in [1.54, 1.807) is 47.4 Å². The summed E-state index contributed by atoms with van der Waals surface area (Å²) in [6.45, 7) is 0.829. The van der Waals surface area contributed by atoms with Crippen molar-refractivity contribution in [1.29, 1.82) is 0 Å². The van der Waals surface area contributed by atoms with Crippen molar-refractivity contribution in [2.24, 2.45) is 0 Å². The number of hydrogen-bond donors (Lipinski definition) is 2. The largest absolute Gasteiger partial charge is 0.467 e. The van der Waals surface area contributed by atoms with Gasteiger partial charge in [-0.15, -0.1) is 0 Å². The molecule has 1 amide bonds. The zero-order valence-electron chi connectivity index (χ0n) is 19.6. The van der Waals surface area contributed by atoms with E-state index in [2.05, 4.69) is 15.6 Å². The second kappa shape index (κ2) is 10.2. The van der Waals surface area contributed by atoms with Gasteiger partial charge in [0.15, 0.2) is 5.69 Å². The summed E-state index contributed by atoms with van der Waals surface area (Å²) >= 11 is 0. The Hall–Kier alpha value is -4.85. The number of aromatic nitrogens is 2. The Morgan fingerprint density at radius 3 is 2.44 bits per heavy atom. The molecule has 8 nitrogen and oxygen atoms in total. The van der Waals surface area contributed by atoms with Crippen LogP contribution in [-0.4, -0.2) is 28.5 Å². The monoisotopic (exact) mass is 480 g/mol. The lowest BCUT2D eigenvalue weighted by molar-refractivity contribution is 0.0590. The number of carbonyl (C=O) groups is 2. The number of rotatable bonds is 8. The van der Waals surface area contributed by atoms with Crippen molar-refractivity contribution in [3.63, 3.8) is 0 Å². The van der Waals surface area contributed by atoms with Gasteiger partial charge >= 0.3 is 5.97 Å². The van der Waals surface area contributed by atoms with E-state index in [4.69, 9.17) is 9.15 Å². The smallest absolute Gasteiger partial charge is 0.356 e. The van der Waals surface area contributed by atoms with Crippen LogP contribution in [0.3, 0.4) is 0 Å². The van der Waals surface area contributed by atoms with Crippen LogP contribution in [0.15, 0.2) is 95.7 Å². The highest BCUT2D eigenvalue weighted by Crippen LogP contribution is 2.34. The summed E-state index contributed by atoms with van der Waals surface area (Å²) in [4.78, 5) is 30.8. The number of esters is 1. The lowest BCUT2D eigenvalue weighted by Crippen LogP contribution is -2.17. The number of benzene rings is 2. The molecule has 3 aromatic heterocycles. The molecule has 0 bridgehead atoms. The number of nitrogens with zero attached hydrogens (tertiary/aromatic N) is 2. The maximum Gasteiger partial charge on any atom is 0.356 e. The van der Waals surface area contributed by atoms with Gasteiger partial charge in [-0.1, -0.05) is 48.5 Å². The van der Waals surface area contributed by atoms with E-state index in [9.17, 15) is 9.59 Å². The van der Waals surface area contributed by atoms with Crippen LogP contribution < -0.4 is 10.6 Å². The fourth-order valence-corrected chi connectivity index (χ4v) is 4.04. The molecule has 2 aromatic carbocycles. The van der Waals surface area contributed by atoms with Crippen molar-refractivity contribution in [1.82, 2.24) is 9.55 Å². The second-order valence-electron chi connectivity index (χ2n) is 8.14. The molecule has 2 N–H and O–H groups in total. The third-order valence-corrected chi connectivity index (χ3v) is 5.79. The minimum Gasteiger partial charge on any atom is -0.467 e. The Morgan fingerprint density at radius 2 is 1.75 bits per heavy atom. The van der Waals surface area contributed by atoms with Crippen molar-refractivity contribution in [3.05, 3.63) is 114 Å². The van der Waals surface area contributed by atoms with Crippen LogP contribution in [0.5, 0.6) is 0 Å². The quantitative estimate of drug-likeness (QED) is 0.291. The number of methoxy groups -OCH3 is 1. The lowest BCUT2D eigenvalue weighted by atomic mass is 10.2. The zero-order valence-corrected chi connectivity index (χ0v) is 19.6. The Balaban J connectivity index is 1.61. The van der Waals surface area contributed by atoms with Gasteiger partial charge in [-0.05, 0) is 35.9 Å². The van der Waals surface area contributed by atoms with Crippen LogP contribution in [0, 0.1) is 0 Å². The summed E-state index contributed by atoms with van der Waals surface area (Å²) in [7, 11) is 1.31. The number of anilines is 2. The van der Waals surface area contributed by atoms with Gasteiger partial charge in [0.25, 0.3) is 5.91 Å². The maximum absolute atomic E-state index is 13.1. The molecule has 0 saturated heterocycles. The lowest BCUT2D eigenvalue weighted by Gasteiger charge is -2.10. The molecule has 0 aliphatic carbocycles. The number of fused-ring (bicyclic) bond motifs is 1. The molecule has 3 heterocycles. The first-order valence-electron chi connectivity index (χ1n) is 11.4. The molecule has 0 atom stereocenters. The van der Waals surface area contributed by atoms with E-state index in [-0.39, 0.29) is 18.1 Å². The molecule has 0 fully saturated rings. The van der Waals surface area contributed by atoms with Gasteiger partial charge in [0, 0.05) is 17.5 Å². The first-order chi connectivity index (χ1) is 17.6. The predicted molar refractivity (Wildman–Crippen MR) is 137 cm³/mol. The molecule has 0 radical (unpaired) electrons.